The molecule has 0 aromatic carbocycles. The van der Waals surface area contributed by atoms with Crippen LogP contribution in [0.2, 0.25) is 0 Å². The summed E-state index contributed by atoms with van der Waals surface area (Å²) in [5.41, 5.74) is 1.22. The Labute approximate surface area is 168 Å². The minimum Gasteiger partial charge on any atom is -0.462 e. The molecule has 148 valence electrons. The van der Waals surface area contributed by atoms with Crippen molar-refractivity contribution in [3.8, 4) is 10.7 Å². The Kier molecular flexibility index (Phi) is 6.10. The molecule has 0 saturated carbocycles. The van der Waals surface area contributed by atoms with Gasteiger partial charge in [0.05, 0.1) is 17.0 Å². The van der Waals surface area contributed by atoms with Gasteiger partial charge in [0.2, 0.25) is 5.91 Å². The Morgan fingerprint density at radius 3 is 2.79 bits per heavy atom. The highest BCUT2D eigenvalue weighted by Gasteiger charge is 2.24. The molecule has 28 heavy (non-hydrogen) atoms. The summed E-state index contributed by atoms with van der Waals surface area (Å²) < 4.78 is 11.0. The van der Waals surface area contributed by atoms with Gasteiger partial charge in [0.1, 0.15) is 11.5 Å². The second kappa shape index (κ2) is 8.53. The third-order valence-electron chi connectivity index (χ3n) is 4.02. The lowest BCUT2D eigenvalue weighted by molar-refractivity contribution is -0.116. The number of nitrogens with one attached hydrogen (secondary N) is 1. The fraction of sp³-hybridized carbons (Fsp3) is 0.333. The molecule has 0 aliphatic carbocycles. The SMILES string of the molecule is CCOC(=O)c1c(NC(=O)Cn2c(-c3cccs3)noc2=O)sc(C)c1CC. The smallest absolute Gasteiger partial charge is 0.442 e. The zero-order valence-corrected chi connectivity index (χ0v) is 17.2. The molecule has 1 N–H and O–H groups in total. The summed E-state index contributed by atoms with van der Waals surface area (Å²) in [5.74, 6) is -1.36. The monoisotopic (exact) mass is 421 g/mol. The fourth-order valence-electron chi connectivity index (χ4n) is 2.81. The predicted molar refractivity (Wildman–Crippen MR) is 107 cm³/mol. The van der Waals surface area contributed by atoms with Crippen LogP contribution in [0.15, 0.2) is 26.8 Å². The van der Waals surface area contributed by atoms with Crippen LogP contribution in [0, 0.1) is 6.92 Å². The number of amides is 1. The van der Waals surface area contributed by atoms with Crippen molar-refractivity contribution in [3.05, 3.63) is 44.1 Å². The summed E-state index contributed by atoms with van der Waals surface area (Å²) in [4.78, 5) is 38.6. The highest BCUT2D eigenvalue weighted by molar-refractivity contribution is 7.16. The molecule has 0 spiro atoms. The molecule has 0 bridgehead atoms. The number of thiophene rings is 2. The number of anilines is 1. The van der Waals surface area contributed by atoms with Gasteiger partial charge in [0, 0.05) is 4.88 Å². The zero-order chi connectivity index (χ0) is 20.3. The van der Waals surface area contributed by atoms with Crippen LogP contribution in [0.1, 0.15) is 34.6 Å². The number of nitrogens with zero attached hydrogens (tertiary/aromatic N) is 2. The van der Waals surface area contributed by atoms with Crippen LogP contribution < -0.4 is 11.1 Å². The number of hydrogen-bond donors (Lipinski definition) is 1. The van der Waals surface area contributed by atoms with Crippen LogP contribution in [0.3, 0.4) is 0 Å². The lowest BCUT2D eigenvalue weighted by atomic mass is 10.1. The quantitative estimate of drug-likeness (QED) is 0.587. The third kappa shape index (κ3) is 3.92. The molecular weight excluding hydrogens is 402 g/mol. The van der Waals surface area contributed by atoms with Crippen LogP contribution in [-0.2, 0) is 22.5 Å². The van der Waals surface area contributed by atoms with E-state index < -0.39 is 17.6 Å². The number of aryl methyl sites for hydroxylation is 1. The lowest BCUT2D eigenvalue weighted by Crippen LogP contribution is -2.26. The Morgan fingerprint density at radius 2 is 2.14 bits per heavy atom. The zero-order valence-electron chi connectivity index (χ0n) is 15.6. The summed E-state index contributed by atoms with van der Waals surface area (Å²) in [6.45, 7) is 5.51. The number of carbonyl (C=O) groups is 2. The maximum absolute atomic E-state index is 12.6. The van der Waals surface area contributed by atoms with E-state index in [4.69, 9.17) is 9.26 Å². The molecule has 8 nitrogen and oxygen atoms in total. The number of esters is 1. The standard InChI is InChI=1S/C18H19N3O5S2/c1-4-11-10(3)28-16(14(11)17(23)25-5-2)19-13(22)9-21-15(20-26-18(21)24)12-7-6-8-27-12/h6-8H,4-5,9H2,1-3H3,(H,19,22). The van der Waals surface area contributed by atoms with Gasteiger partial charge in [-0.2, -0.15) is 0 Å². The summed E-state index contributed by atoms with van der Waals surface area (Å²) in [7, 11) is 0. The Hall–Kier alpha value is -2.72. The second-order valence-corrected chi connectivity index (χ2v) is 7.97. The van der Waals surface area contributed by atoms with Crippen LogP contribution in [0.25, 0.3) is 10.7 Å². The van der Waals surface area contributed by atoms with Crippen molar-refractivity contribution >= 4 is 39.6 Å². The minimum atomic E-state index is -0.722. The maximum Gasteiger partial charge on any atom is 0.442 e. The summed E-state index contributed by atoms with van der Waals surface area (Å²) in [5, 5.41) is 8.75. The maximum atomic E-state index is 12.6. The molecule has 1 amide bonds. The van der Waals surface area contributed by atoms with Crippen molar-refractivity contribution in [3.63, 3.8) is 0 Å². The molecule has 3 rings (SSSR count). The van der Waals surface area contributed by atoms with Crippen molar-refractivity contribution in [2.45, 2.75) is 33.7 Å². The van der Waals surface area contributed by atoms with Gasteiger partial charge >= 0.3 is 11.7 Å². The predicted octanol–water partition coefficient (Wildman–Crippen LogP) is 3.31. The van der Waals surface area contributed by atoms with Crippen LogP contribution in [0.5, 0.6) is 0 Å². The number of aromatic nitrogens is 2. The highest BCUT2D eigenvalue weighted by Crippen LogP contribution is 2.34. The first-order valence-electron chi connectivity index (χ1n) is 8.65. The molecule has 3 aromatic heterocycles. The average Bonchev–Trinajstić information content (AvgIpc) is 3.35. The number of ether oxygens (including phenoxy) is 1. The summed E-state index contributed by atoms with van der Waals surface area (Å²) >= 11 is 2.69. The summed E-state index contributed by atoms with van der Waals surface area (Å²) in [6, 6.07) is 3.60. The topological polar surface area (TPSA) is 103 Å². The van der Waals surface area contributed by atoms with Crippen LogP contribution in [-0.4, -0.2) is 28.2 Å². The number of rotatable bonds is 7. The van der Waals surface area contributed by atoms with E-state index in [2.05, 4.69) is 10.5 Å². The van der Waals surface area contributed by atoms with Crippen LogP contribution in [0.4, 0.5) is 5.00 Å². The molecule has 0 atom stereocenters. The van der Waals surface area contributed by atoms with E-state index in [0.29, 0.717) is 21.9 Å². The highest BCUT2D eigenvalue weighted by atomic mass is 32.1. The van der Waals surface area contributed by atoms with Gasteiger partial charge in [-0.05, 0) is 37.3 Å². The van der Waals surface area contributed by atoms with E-state index in [1.54, 1.807) is 13.0 Å². The fourth-order valence-corrected chi connectivity index (χ4v) is 4.67. The van der Waals surface area contributed by atoms with E-state index in [1.165, 1.54) is 22.7 Å². The minimum absolute atomic E-state index is 0.241. The van der Waals surface area contributed by atoms with Crippen molar-refractivity contribution in [2.75, 3.05) is 11.9 Å². The molecule has 10 heteroatoms. The average molecular weight is 422 g/mol. The first kappa shape index (κ1) is 20.0. The molecule has 3 heterocycles. The summed E-state index contributed by atoms with van der Waals surface area (Å²) in [6.07, 6.45) is 0.639. The van der Waals surface area contributed by atoms with Crippen molar-refractivity contribution in [1.29, 1.82) is 0 Å². The Bertz CT molecular complexity index is 1050. The van der Waals surface area contributed by atoms with Gasteiger partial charge in [-0.1, -0.05) is 18.1 Å². The first-order valence-corrected chi connectivity index (χ1v) is 10.3. The van der Waals surface area contributed by atoms with Crippen molar-refractivity contribution in [2.24, 2.45) is 0 Å². The van der Waals surface area contributed by atoms with E-state index in [9.17, 15) is 14.4 Å². The van der Waals surface area contributed by atoms with E-state index in [1.807, 2.05) is 25.3 Å². The largest absolute Gasteiger partial charge is 0.462 e. The lowest BCUT2D eigenvalue weighted by Gasteiger charge is -2.08. The van der Waals surface area contributed by atoms with E-state index in [0.717, 1.165) is 15.0 Å². The van der Waals surface area contributed by atoms with Crippen LogP contribution >= 0.6 is 22.7 Å². The van der Waals surface area contributed by atoms with Gasteiger partial charge in [0.15, 0.2) is 5.82 Å². The Morgan fingerprint density at radius 1 is 1.36 bits per heavy atom. The molecule has 0 aliphatic heterocycles. The number of hydrogen-bond acceptors (Lipinski definition) is 8. The molecule has 0 aliphatic rings. The first-order chi connectivity index (χ1) is 13.5. The van der Waals surface area contributed by atoms with Crippen molar-refractivity contribution < 1.29 is 18.8 Å². The molecule has 0 fully saturated rings. The molecule has 3 aromatic rings. The van der Waals surface area contributed by atoms with Gasteiger partial charge in [-0.3, -0.25) is 9.32 Å². The number of carbonyl (C=O) groups excluding carboxylic acids is 2. The molecule has 0 unspecified atom stereocenters. The molecular formula is C18H19N3O5S2. The second-order valence-electron chi connectivity index (χ2n) is 5.80. The van der Waals surface area contributed by atoms with Gasteiger partial charge in [-0.25, -0.2) is 14.2 Å². The third-order valence-corrected chi connectivity index (χ3v) is 5.95. The normalized spacial score (nSPS) is 10.8. The molecule has 0 saturated heterocycles. The Balaban J connectivity index is 1.86. The van der Waals surface area contributed by atoms with Gasteiger partial charge < -0.3 is 10.1 Å². The van der Waals surface area contributed by atoms with E-state index in [-0.39, 0.29) is 19.0 Å². The van der Waals surface area contributed by atoms with Gasteiger partial charge in [-0.15, -0.1) is 22.7 Å². The van der Waals surface area contributed by atoms with Gasteiger partial charge in [0.25, 0.3) is 0 Å². The van der Waals surface area contributed by atoms with Crippen molar-refractivity contribution in [1.82, 2.24) is 9.72 Å². The molecule has 0 radical (unpaired) electrons. The van der Waals surface area contributed by atoms with E-state index >= 15 is 0 Å².